The summed E-state index contributed by atoms with van der Waals surface area (Å²) in [5.41, 5.74) is 0. The highest BCUT2D eigenvalue weighted by atomic mass is 16.6. The molecule has 0 N–H and O–H groups in total. The van der Waals surface area contributed by atoms with E-state index in [0.29, 0.717) is 11.8 Å². The van der Waals surface area contributed by atoms with Gasteiger partial charge in [-0.1, -0.05) is 20.3 Å². The first kappa shape index (κ1) is 8.09. The van der Waals surface area contributed by atoms with Crippen molar-refractivity contribution in [3.8, 4) is 0 Å². The van der Waals surface area contributed by atoms with Gasteiger partial charge in [-0.15, -0.1) is 0 Å². The van der Waals surface area contributed by atoms with Crippen LogP contribution in [0.25, 0.3) is 0 Å². The Morgan fingerprint density at radius 2 is 2.17 bits per heavy atom. The van der Waals surface area contributed by atoms with Gasteiger partial charge in [0.05, 0.1) is 5.92 Å². The molecule has 0 bridgehead atoms. The molecular formula is C10H16O2. The van der Waals surface area contributed by atoms with Gasteiger partial charge in [-0.3, -0.25) is 4.79 Å². The maximum Gasteiger partial charge on any atom is 0.309 e. The van der Waals surface area contributed by atoms with E-state index in [0.717, 1.165) is 6.42 Å². The molecule has 0 radical (unpaired) electrons. The van der Waals surface area contributed by atoms with Crippen LogP contribution in [-0.4, -0.2) is 12.1 Å². The number of rotatable bonds is 1. The van der Waals surface area contributed by atoms with Gasteiger partial charge in [-0.2, -0.15) is 0 Å². The van der Waals surface area contributed by atoms with E-state index in [1.807, 2.05) is 0 Å². The summed E-state index contributed by atoms with van der Waals surface area (Å²) in [7, 11) is 0. The lowest BCUT2D eigenvalue weighted by Crippen LogP contribution is -2.22. The number of hydrogen-bond donors (Lipinski definition) is 0. The second-order valence-electron chi connectivity index (χ2n) is 4.35. The van der Waals surface area contributed by atoms with Crippen molar-refractivity contribution in [1.82, 2.24) is 0 Å². The van der Waals surface area contributed by atoms with E-state index < -0.39 is 0 Å². The third-order valence-corrected chi connectivity index (χ3v) is 3.20. The fourth-order valence-electron chi connectivity index (χ4n) is 2.61. The Balaban J connectivity index is 2.14. The first-order valence-corrected chi connectivity index (χ1v) is 4.90. The highest BCUT2D eigenvalue weighted by molar-refractivity contribution is 5.75. The van der Waals surface area contributed by atoms with Gasteiger partial charge in [0.2, 0.25) is 0 Å². The molecule has 0 spiro atoms. The van der Waals surface area contributed by atoms with Crippen LogP contribution < -0.4 is 0 Å². The number of carbonyl (C=O) groups excluding carboxylic acids is 1. The molecule has 2 heteroatoms. The first-order valence-electron chi connectivity index (χ1n) is 4.90. The highest BCUT2D eigenvalue weighted by Crippen LogP contribution is 2.43. The van der Waals surface area contributed by atoms with Gasteiger partial charge in [-0.25, -0.2) is 0 Å². The molecule has 2 aliphatic rings. The second kappa shape index (κ2) is 2.75. The average molecular weight is 168 g/mol. The maximum absolute atomic E-state index is 11.3. The third-order valence-electron chi connectivity index (χ3n) is 3.20. The highest BCUT2D eigenvalue weighted by Gasteiger charge is 2.47. The van der Waals surface area contributed by atoms with Crippen molar-refractivity contribution in [3.63, 3.8) is 0 Å². The van der Waals surface area contributed by atoms with Crippen LogP contribution >= 0.6 is 0 Å². The predicted molar refractivity (Wildman–Crippen MR) is 45.5 cm³/mol. The summed E-state index contributed by atoms with van der Waals surface area (Å²) in [6.45, 7) is 4.28. The van der Waals surface area contributed by atoms with E-state index in [1.54, 1.807) is 0 Å². The van der Waals surface area contributed by atoms with Crippen LogP contribution in [0.2, 0.25) is 0 Å². The number of fused-ring (bicyclic) bond motifs is 1. The standard InChI is InChI=1S/C10H16O2/c1-6(2)9-7-4-3-5-8(7)10(11)12-9/h6-9H,3-5H2,1-2H3/t7-,8+,9+/m1/s1. The van der Waals surface area contributed by atoms with Crippen molar-refractivity contribution < 1.29 is 9.53 Å². The van der Waals surface area contributed by atoms with E-state index in [1.165, 1.54) is 12.8 Å². The fraction of sp³-hybridized carbons (Fsp3) is 0.900. The van der Waals surface area contributed by atoms with Crippen molar-refractivity contribution in [2.45, 2.75) is 39.2 Å². The zero-order valence-electron chi connectivity index (χ0n) is 7.75. The first-order chi connectivity index (χ1) is 5.70. The topological polar surface area (TPSA) is 26.3 Å². The van der Waals surface area contributed by atoms with Gasteiger partial charge in [0.25, 0.3) is 0 Å². The molecule has 2 fully saturated rings. The Kier molecular flexibility index (Phi) is 1.85. The van der Waals surface area contributed by atoms with Crippen LogP contribution in [0.4, 0.5) is 0 Å². The van der Waals surface area contributed by atoms with Gasteiger partial charge in [0.1, 0.15) is 6.10 Å². The third kappa shape index (κ3) is 1.05. The zero-order chi connectivity index (χ0) is 8.72. The van der Waals surface area contributed by atoms with Crippen LogP contribution in [-0.2, 0) is 9.53 Å². The normalized spacial score (nSPS) is 40.2. The molecule has 0 aromatic heterocycles. The molecule has 3 atom stereocenters. The summed E-state index contributed by atoms with van der Waals surface area (Å²) in [5, 5.41) is 0. The monoisotopic (exact) mass is 168 g/mol. The van der Waals surface area contributed by atoms with Crippen LogP contribution in [0.1, 0.15) is 33.1 Å². The van der Waals surface area contributed by atoms with Crippen molar-refractivity contribution in [2.24, 2.45) is 17.8 Å². The minimum Gasteiger partial charge on any atom is -0.462 e. The smallest absolute Gasteiger partial charge is 0.309 e. The summed E-state index contributed by atoms with van der Waals surface area (Å²) in [5.74, 6) is 1.34. The molecule has 68 valence electrons. The molecule has 12 heavy (non-hydrogen) atoms. The fourth-order valence-corrected chi connectivity index (χ4v) is 2.61. The minimum absolute atomic E-state index is 0.0659. The molecule has 2 nitrogen and oxygen atoms in total. The molecule has 0 aromatic rings. The van der Waals surface area contributed by atoms with E-state index in [9.17, 15) is 4.79 Å². The molecule has 2 rings (SSSR count). The minimum atomic E-state index is 0.0659. The van der Waals surface area contributed by atoms with E-state index in [2.05, 4.69) is 13.8 Å². The molecular weight excluding hydrogens is 152 g/mol. The second-order valence-corrected chi connectivity index (χ2v) is 4.35. The molecule has 0 amide bonds. The largest absolute Gasteiger partial charge is 0.462 e. The summed E-state index contributed by atoms with van der Waals surface area (Å²) in [4.78, 5) is 11.3. The van der Waals surface area contributed by atoms with Crippen molar-refractivity contribution >= 4 is 5.97 Å². The van der Waals surface area contributed by atoms with Crippen LogP contribution in [0.5, 0.6) is 0 Å². The molecule has 1 aliphatic carbocycles. The average Bonchev–Trinajstić information content (AvgIpc) is 2.53. The Labute approximate surface area is 73.3 Å². The zero-order valence-corrected chi connectivity index (χ0v) is 7.75. The van der Waals surface area contributed by atoms with Gasteiger partial charge < -0.3 is 4.74 Å². The molecule has 1 saturated carbocycles. The number of carbonyl (C=O) groups is 1. The lowest BCUT2D eigenvalue weighted by molar-refractivity contribution is -0.145. The number of cyclic esters (lactones) is 1. The van der Waals surface area contributed by atoms with Gasteiger partial charge in [0, 0.05) is 5.92 Å². The van der Waals surface area contributed by atoms with Gasteiger partial charge in [0.15, 0.2) is 0 Å². The number of hydrogen-bond acceptors (Lipinski definition) is 2. The van der Waals surface area contributed by atoms with E-state index >= 15 is 0 Å². The summed E-state index contributed by atoms with van der Waals surface area (Å²) < 4.78 is 5.35. The molecule has 0 aromatic carbocycles. The SMILES string of the molecule is CC(C)[C@@H]1OC(=O)[C@H]2CCC[C@H]21. The van der Waals surface area contributed by atoms with Crippen LogP contribution in [0.3, 0.4) is 0 Å². The van der Waals surface area contributed by atoms with E-state index in [-0.39, 0.29) is 18.0 Å². The summed E-state index contributed by atoms with van der Waals surface area (Å²) in [6.07, 6.45) is 3.68. The molecule has 0 unspecified atom stereocenters. The van der Waals surface area contributed by atoms with E-state index in [4.69, 9.17) is 4.74 Å². The molecule has 1 saturated heterocycles. The number of ether oxygens (including phenoxy) is 1. The molecule has 1 aliphatic heterocycles. The Morgan fingerprint density at radius 1 is 1.42 bits per heavy atom. The number of esters is 1. The lowest BCUT2D eigenvalue weighted by Gasteiger charge is -2.19. The Hall–Kier alpha value is -0.530. The van der Waals surface area contributed by atoms with Crippen molar-refractivity contribution in [3.05, 3.63) is 0 Å². The summed E-state index contributed by atoms with van der Waals surface area (Å²) >= 11 is 0. The van der Waals surface area contributed by atoms with Crippen LogP contribution in [0, 0.1) is 17.8 Å². The summed E-state index contributed by atoms with van der Waals surface area (Å²) in [6, 6.07) is 0. The van der Waals surface area contributed by atoms with Crippen molar-refractivity contribution in [1.29, 1.82) is 0 Å². The quantitative estimate of drug-likeness (QED) is 0.560. The lowest BCUT2D eigenvalue weighted by atomic mass is 9.88. The van der Waals surface area contributed by atoms with Crippen LogP contribution in [0.15, 0.2) is 0 Å². The Morgan fingerprint density at radius 3 is 2.83 bits per heavy atom. The molecule has 1 heterocycles. The van der Waals surface area contributed by atoms with Crippen molar-refractivity contribution in [2.75, 3.05) is 0 Å². The van der Waals surface area contributed by atoms with Gasteiger partial charge in [-0.05, 0) is 18.8 Å². The maximum atomic E-state index is 11.3. The predicted octanol–water partition coefficient (Wildman–Crippen LogP) is 1.98. The Bertz CT molecular complexity index is 198. The van der Waals surface area contributed by atoms with Gasteiger partial charge >= 0.3 is 5.97 Å².